The van der Waals surface area contributed by atoms with Gasteiger partial charge in [0.25, 0.3) is 0 Å². The molecule has 0 aliphatic heterocycles. The van der Waals surface area contributed by atoms with Crippen molar-refractivity contribution >= 4 is 11.6 Å². The molecule has 0 radical (unpaired) electrons. The lowest BCUT2D eigenvalue weighted by Gasteiger charge is -2.00. The zero-order valence-corrected chi connectivity index (χ0v) is 9.55. The van der Waals surface area contributed by atoms with Crippen LogP contribution in [-0.4, -0.2) is 14.6 Å². The molecule has 0 spiro atoms. The number of nitrogens with zero attached hydrogens (tertiary/aromatic N) is 3. The smallest absolute Gasteiger partial charge is 0.243 e. The van der Waals surface area contributed by atoms with Crippen LogP contribution in [0.5, 0.6) is 0 Å². The number of rotatable bonds is 3. The number of hydrogen-bond acceptors (Lipinski definition) is 3. The van der Waals surface area contributed by atoms with E-state index in [0.717, 1.165) is 5.56 Å². The molecule has 0 saturated carbocycles. The van der Waals surface area contributed by atoms with E-state index in [1.165, 1.54) is 16.8 Å². The third-order valence-electron chi connectivity index (χ3n) is 2.59. The second kappa shape index (κ2) is 4.44. The zero-order chi connectivity index (χ0) is 12.4. The van der Waals surface area contributed by atoms with Gasteiger partial charge < -0.3 is 5.32 Å². The minimum atomic E-state index is -0.331. The Kier molecular flexibility index (Phi) is 2.64. The monoisotopic (exact) mass is 242 g/mol. The highest BCUT2D eigenvalue weighted by atomic mass is 19.1. The van der Waals surface area contributed by atoms with Crippen molar-refractivity contribution in [3.63, 3.8) is 0 Å². The maximum atomic E-state index is 13.0. The van der Waals surface area contributed by atoms with Gasteiger partial charge in [0.2, 0.25) is 5.95 Å². The SMILES string of the molecule is Fc1ccc2nc(NCc3ccccc3)nn2c1. The van der Waals surface area contributed by atoms with Gasteiger partial charge in [-0.3, -0.25) is 0 Å². The Bertz CT molecular complexity index is 663. The lowest BCUT2D eigenvalue weighted by molar-refractivity contribution is 0.615. The second-order valence-electron chi connectivity index (χ2n) is 3.92. The third kappa shape index (κ3) is 2.15. The average Bonchev–Trinajstić information content (AvgIpc) is 2.79. The highest BCUT2D eigenvalue weighted by Crippen LogP contribution is 2.08. The Hall–Kier alpha value is -2.43. The maximum absolute atomic E-state index is 13.0. The molecule has 4 nitrogen and oxygen atoms in total. The van der Waals surface area contributed by atoms with E-state index in [0.29, 0.717) is 18.1 Å². The van der Waals surface area contributed by atoms with Crippen molar-refractivity contribution in [3.05, 3.63) is 60.0 Å². The van der Waals surface area contributed by atoms with Crippen LogP contribution >= 0.6 is 0 Å². The average molecular weight is 242 g/mol. The van der Waals surface area contributed by atoms with Crippen LogP contribution in [0.15, 0.2) is 48.7 Å². The molecule has 0 saturated heterocycles. The molecule has 0 aliphatic rings. The first-order chi connectivity index (χ1) is 8.81. The molecule has 3 aromatic rings. The van der Waals surface area contributed by atoms with Crippen LogP contribution in [0.4, 0.5) is 10.3 Å². The summed E-state index contributed by atoms with van der Waals surface area (Å²) in [5, 5.41) is 7.25. The van der Waals surface area contributed by atoms with Crippen molar-refractivity contribution in [3.8, 4) is 0 Å². The summed E-state index contributed by atoms with van der Waals surface area (Å²) in [6, 6.07) is 12.9. The van der Waals surface area contributed by atoms with E-state index >= 15 is 0 Å². The van der Waals surface area contributed by atoms with E-state index in [1.54, 1.807) is 6.07 Å². The summed E-state index contributed by atoms with van der Waals surface area (Å²) in [6.07, 6.45) is 1.30. The molecule has 18 heavy (non-hydrogen) atoms. The fourth-order valence-electron chi connectivity index (χ4n) is 1.71. The van der Waals surface area contributed by atoms with Crippen molar-refractivity contribution in [2.75, 3.05) is 5.32 Å². The fraction of sp³-hybridized carbons (Fsp3) is 0.0769. The molecule has 0 unspecified atom stereocenters. The molecule has 0 amide bonds. The molecule has 5 heteroatoms. The summed E-state index contributed by atoms with van der Waals surface area (Å²) >= 11 is 0. The number of aromatic nitrogens is 3. The third-order valence-corrected chi connectivity index (χ3v) is 2.59. The van der Waals surface area contributed by atoms with E-state index in [9.17, 15) is 4.39 Å². The number of halogens is 1. The van der Waals surface area contributed by atoms with Gasteiger partial charge in [-0.25, -0.2) is 8.91 Å². The highest BCUT2D eigenvalue weighted by molar-refractivity contribution is 5.43. The molecule has 3 rings (SSSR count). The van der Waals surface area contributed by atoms with Gasteiger partial charge in [-0.1, -0.05) is 30.3 Å². The zero-order valence-electron chi connectivity index (χ0n) is 9.55. The topological polar surface area (TPSA) is 42.2 Å². The van der Waals surface area contributed by atoms with Crippen LogP contribution in [-0.2, 0) is 6.54 Å². The molecule has 0 atom stereocenters. The van der Waals surface area contributed by atoms with Crippen LogP contribution < -0.4 is 5.32 Å². The normalized spacial score (nSPS) is 10.7. The van der Waals surface area contributed by atoms with Crippen LogP contribution in [0.25, 0.3) is 5.65 Å². The first kappa shape index (κ1) is 10.7. The Morgan fingerprint density at radius 3 is 2.78 bits per heavy atom. The number of anilines is 1. The molecule has 1 aromatic carbocycles. The predicted octanol–water partition coefficient (Wildman–Crippen LogP) is 2.48. The number of pyridine rings is 1. The molecular formula is C13H11FN4. The molecule has 1 N–H and O–H groups in total. The highest BCUT2D eigenvalue weighted by Gasteiger charge is 2.03. The Balaban J connectivity index is 1.79. The number of hydrogen-bond donors (Lipinski definition) is 1. The van der Waals surface area contributed by atoms with Crippen LogP contribution in [0.1, 0.15) is 5.56 Å². The predicted molar refractivity (Wildman–Crippen MR) is 66.7 cm³/mol. The van der Waals surface area contributed by atoms with Gasteiger partial charge in [0, 0.05) is 6.54 Å². The van der Waals surface area contributed by atoms with E-state index in [-0.39, 0.29) is 5.82 Å². The van der Waals surface area contributed by atoms with Crippen molar-refractivity contribution in [1.82, 2.24) is 14.6 Å². The molecule has 2 aromatic heterocycles. The maximum Gasteiger partial charge on any atom is 0.243 e. The summed E-state index contributed by atoms with van der Waals surface area (Å²) in [6.45, 7) is 0.639. The minimum absolute atomic E-state index is 0.331. The number of benzene rings is 1. The summed E-state index contributed by atoms with van der Waals surface area (Å²) < 4.78 is 14.4. The lowest BCUT2D eigenvalue weighted by atomic mass is 10.2. The molecule has 0 aliphatic carbocycles. The van der Waals surface area contributed by atoms with E-state index < -0.39 is 0 Å². The van der Waals surface area contributed by atoms with Gasteiger partial charge in [-0.15, -0.1) is 5.10 Å². The van der Waals surface area contributed by atoms with Gasteiger partial charge in [0.1, 0.15) is 5.82 Å². The largest absolute Gasteiger partial charge is 0.349 e. The first-order valence-electron chi connectivity index (χ1n) is 5.61. The van der Waals surface area contributed by atoms with E-state index in [1.807, 2.05) is 30.3 Å². The lowest BCUT2D eigenvalue weighted by Crippen LogP contribution is -2.00. The standard InChI is InChI=1S/C13H11FN4/c14-11-6-7-12-16-13(17-18(12)9-11)15-8-10-4-2-1-3-5-10/h1-7,9H,8H2,(H,15,17). The quantitative estimate of drug-likeness (QED) is 0.767. The molecule has 90 valence electrons. The van der Waals surface area contributed by atoms with Crippen molar-refractivity contribution in [2.45, 2.75) is 6.54 Å². The van der Waals surface area contributed by atoms with Gasteiger partial charge >= 0.3 is 0 Å². The number of nitrogens with one attached hydrogen (secondary N) is 1. The van der Waals surface area contributed by atoms with Crippen LogP contribution in [0.3, 0.4) is 0 Å². The molecule has 0 fully saturated rings. The van der Waals surface area contributed by atoms with Gasteiger partial charge in [0.05, 0.1) is 6.20 Å². The summed E-state index contributed by atoms with van der Waals surface area (Å²) in [7, 11) is 0. The van der Waals surface area contributed by atoms with Crippen molar-refractivity contribution in [2.24, 2.45) is 0 Å². The number of fused-ring (bicyclic) bond motifs is 1. The first-order valence-corrected chi connectivity index (χ1v) is 5.61. The Morgan fingerprint density at radius 1 is 1.11 bits per heavy atom. The molecule has 0 bridgehead atoms. The summed E-state index contributed by atoms with van der Waals surface area (Å²) in [4.78, 5) is 4.24. The Labute approximate surface area is 103 Å². The van der Waals surface area contributed by atoms with Gasteiger partial charge in [-0.2, -0.15) is 4.98 Å². The minimum Gasteiger partial charge on any atom is -0.349 e. The molecule has 2 heterocycles. The molecular weight excluding hydrogens is 231 g/mol. The van der Waals surface area contributed by atoms with Gasteiger partial charge in [0.15, 0.2) is 5.65 Å². The second-order valence-corrected chi connectivity index (χ2v) is 3.92. The summed E-state index contributed by atoms with van der Waals surface area (Å²) in [5.74, 6) is 0.159. The van der Waals surface area contributed by atoms with E-state index in [2.05, 4.69) is 15.4 Å². The van der Waals surface area contributed by atoms with Crippen molar-refractivity contribution < 1.29 is 4.39 Å². The fourth-order valence-corrected chi connectivity index (χ4v) is 1.71. The van der Waals surface area contributed by atoms with Crippen molar-refractivity contribution in [1.29, 1.82) is 0 Å². The van der Waals surface area contributed by atoms with Crippen LogP contribution in [0, 0.1) is 5.82 Å². The van der Waals surface area contributed by atoms with Crippen LogP contribution in [0.2, 0.25) is 0 Å². The summed E-state index contributed by atoms with van der Waals surface area (Å²) in [5.41, 5.74) is 1.76. The van der Waals surface area contributed by atoms with Gasteiger partial charge in [-0.05, 0) is 17.7 Å². The van der Waals surface area contributed by atoms with E-state index in [4.69, 9.17) is 0 Å². The Morgan fingerprint density at radius 2 is 1.94 bits per heavy atom.